The van der Waals surface area contributed by atoms with Crippen LogP contribution in [0.2, 0.25) is 0 Å². The zero-order valence-corrected chi connectivity index (χ0v) is 38.1. The van der Waals surface area contributed by atoms with Gasteiger partial charge >= 0.3 is 0 Å². The van der Waals surface area contributed by atoms with Gasteiger partial charge in [0.15, 0.2) is 0 Å². The molecule has 324 valence electrons. The highest BCUT2D eigenvalue weighted by Crippen LogP contribution is 2.47. The van der Waals surface area contributed by atoms with E-state index >= 15 is 0 Å². The van der Waals surface area contributed by atoms with E-state index in [0.717, 1.165) is 28.3 Å². The molecule has 2 heteroatoms. The highest BCUT2D eigenvalue weighted by atomic mass is 15.1. The third-order valence-electron chi connectivity index (χ3n) is 15.0. The Bertz CT molecular complexity index is 4570. The van der Waals surface area contributed by atoms with Crippen molar-refractivity contribution in [1.29, 1.82) is 0 Å². The molecule has 0 fully saturated rings. The van der Waals surface area contributed by atoms with Gasteiger partial charge < -0.3 is 9.47 Å². The second-order valence-corrected chi connectivity index (χ2v) is 18.8. The smallest absolute Gasteiger partial charge is 0.0541 e. The first-order valence-corrected chi connectivity index (χ1v) is 24.2. The molecule has 0 saturated carbocycles. The summed E-state index contributed by atoms with van der Waals surface area (Å²) >= 11 is 0. The maximum atomic E-state index is 2.47. The van der Waals surface area contributed by atoms with Crippen LogP contribution in [0, 0.1) is 0 Å². The minimum Gasteiger partial charge on any atom is -0.310 e. The fraction of sp³-hybridized carbons (Fsp3) is 0. The van der Waals surface area contributed by atoms with E-state index in [1.54, 1.807) is 0 Å². The molecule has 0 saturated heterocycles. The zero-order chi connectivity index (χ0) is 45.9. The van der Waals surface area contributed by atoms with Gasteiger partial charge in [0.2, 0.25) is 0 Å². The molecule has 0 N–H and O–H groups in total. The van der Waals surface area contributed by atoms with Crippen LogP contribution in [-0.2, 0) is 0 Å². The van der Waals surface area contributed by atoms with Gasteiger partial charge in [-0.2, -0.15) is 0 Å². The van der Waals surface area contributed by atoms with Gasteiger partial charge in [0, 0.05) is 33.5 Å². The Balaban J connectivity index is 0.984. The number of para-hydroxylation sites is 2. The largest absolute Gasteiger partial charge is 0.310 e. The van der Waals surface area contributed by atoms with Gasteiger partial charge in [-0.25, -0.2) is 0 Å². The van der Waals surface area contributed by atoms with Crippen molar-refractivity contribution in [1.82, 2.24) is 4.57 Å². The predicted molar refractivity (Wildman–Crippen MR) is 300 cm³/mol. The van der Waals surface area contributed by atoms with Crippen molar-refractivity contribution in [3.63, 3.8) is 0 Å². The first-order valence-electron chi connectivity index (χ1n) is 24.2. The molecule has 0 amide bonds. The zero-order valence-electron chi connectivity index (χ0n) is 38.1. The van der Waals surface area contributed by atoms with Crippen molar-refractivity contribution in [2.45, 2.75) is 0 Å². The fourth-order valence-electron chi connectivity index (χ4n) is 11.9. The van der Waals surface area contributed by atoms with E-state index in [1.165, 1.54) is 114 Å². The van der Waals surface area contributed by atoms with E-state index in [-0.39, 0.29) is 0 Å². The lowest BCUT2D eigenvalue weighted by Crippen LogP contribution is -2.10. The second-order valence-electron chi connectivity index (χ2n) is 18.8. The topological polar surface area (TPSA) is 8.17 Å². The Hall–Kier alpha value is -9.24. The molecule has 0 unspecified atom stereocenters. The van der Waals surface area contributed by atoms with Crippen LogP contribution in [0.1, 0.15) is 0 Å². The molecule has 15 aromatic rings. The van der Waals surface area contributed by atoms with Crippen molar-refractivity contribution in [2.75, 3.05) is 4.90 Å². The lowest BCUT2D eigenvalue weighted by Gasteiger charge is -2.27. The molecule has 0 atom stereocenters. The van der Waals surface area contributed by atoms with Crippen LogP contribution >= 0.6 is 0 Å². The molecule has 0 radical (unpaired) electrons. The maximum absolute atomic E-state index is 2.47. The maximum Gasteiger partial charge on any atom is 0.0541 e. The molecule has 1 heterocycles. The van der Waals surface area contributed by atoms with Crippen molar-refractivity contribution in [2.24, 2.45) is 0 Å². The Morgan fingerprint density at radius 2 is 0.771 bits per heavy atom. The molecule has 70 heavy (non-hydrogen) atoms. The summed E-state index contributed by atoms with van der Waals surface area (Å²) in [6, 6.07) is 94.7. The molecule has 1 aromatic heterocycles. The van der Waals surface area contributed by atoms with Gasteiger partial charge in [-0.15, -0.1) is 0 Å². The average Bonchev–Trinajstić information content (AvgIpc) is 3.76. The summed E-state index contributed by atoms with van der Waals surface area (Å²) in [6.45, 7) is 0. The Morgan fingerprint density at radius 3 is 1.51 bits per heavy atom. The molecule has 0 spiro atoms. The number of nitrogens with zero attached hydrogens (tertiary/aromatic N) is 2. The summed E-state index contributed by atoms with van der Waals surface area (Å²) in [5.74, 6) is 0. The van der Waals surface area contributed by atoms with E-state index in [4.69, 9.17) is 0 Å². The van der Waals surface area contributed by atoms with Crippen molar-refractivity contribution in [3.05, 3.63) is 255 Å². The molecule has 14 aromatic carbocycles. The predicted octanol–water partition coefficient (Wildman–Crippen LogP) is 19.1. The quantitative estimate of drug-likeness (QED) is 0.151. The van der Waals surface area contributed by atoms with E-state index in [1.807, 2.05) is 0 Å². The molecule has 0 aliphatic heterocycles. The van der Waals surface area contributed by atoms with Crippen LogP contribution in [0.4, 0.5) is 17.1 Å². The Kier molecular flexibility index (Phi) is 8.39. The SMILES string of the molecule is c1ccc(-n2c3ccccc3c3cc(-c4cccc(N(c5ccc(-c6cccc7ccccc67)cc5)c5cc6ccc7cccc8c9cccc%10ccc%11cccc(c(c5)c6c78)c%11c%109)c4)ccc32)cc1. The van der Waals surface area contributed by atoms with Crippen LogP contribution in [0.3, 0.4) is 0 Å². The molecule has 0 bridgehead atoms. The second kappa shape index (κ2) is 15.1. The van der Waals surface area contributed by atoms with Gasteiger partial charge in [0.25, 0.3) is 0 Å². The highest BCUT2D eigenvalue weighted by Gasteiger charge is 2.21. The number of fused-ring (bicyclic) bond motifs is 6. The summed E-state index contributed by atoms with van der Waals surface area (Å²) in [7, 11) is 0. The summed E-state index contributed by atoms with van der Waals surface area (Å²) in [6.07, 6.45) is 0. The fourth-order valence-corrected chi connectivity index (χ4v) is 11.9. The molecule has 15 rings (SSSR count). The van der Waals surface area contributed by atoms with E-state index in [0.29, 0.717) is 0 Å². The normalized spacial score (nSPS) is 12.0. The standard InChI is InChI=1S/C68H42N2/c1-2-19-51(20-3-1)70-63-28-7-6-23-57(63)61-41-49(35-38-64(61)70)48-18-8-21-53(39-48)69(52-36-33-44(34-37-52)56-24-9-14-43-13-4-5-22-55(43)56)54-40-50-32-31-47-16-11-26-59-58-25-10-15-45-29-30-46-17-12-27-60(67(46)65(45)58)62(42-54)68(50)66(47)59/h1-42H. The number of aromatic nitrogens is 1. The minimum absolute atomic E-state index is 1.09. The first-order chi connectivity index (χ1) is 34.7. The van der Waals surface area contributed by atoms with Gasteiger partial charge in [-0.1, -0.05) is 188 Å². The molecule has 0 aliphatic carbocycles. The monoisotopic (exact) mass is 886 g/mol. The van der Waals surface area contributed by atoms with Crippen LogP contribution in [0.15, 0.2) is 255 Å². The summed E-state index contributed by atoms with van der Waals surface area (Å²) < 4.78 is 2.39. The lowest BCUT2D eigenvalue weighted by molar-refractivity contribution is 1.18. The Morgan fingerprint density at radius 1 is 0.243 bits per heavy atom. The van der Waals surface area contributed by atoms with Gasteiger partial charge in [0.1, 0.15) is 0 Å². The van der Waals surface area contributed by atoms with E-state index in [2.05, 4.69) is 264 Å². The number of anilines is 3. The van der Waals surface area contributed by atoms with Crippen LogP contribution in [0.5, 0.6) is 0 Å². The first kappa shape index (κ1) is 38.8. The lowest BCUT2D eigenvalue weighted by atomic mass is 9.87. The van der Waals surface area contributed by atoms with Crippen LogP contribution < -0.4 is 4.90 Å². The molecule has 2 nitrogen and oxygen atoms in total. The van der Waals surface area contributed by atoms with Crippen LogP contribution in [-0.4, -0.2) is 4.57 Å². The molecular weight excluding hydrogens is 845 g/mol. The Labute approximate surface area is 404 Å². The minimum atomic E-state index is 1.09. The summed E-state index contributed by atoms with van der Waals surface area (Å²) in [4.78, 5) is 2.47. The van der Waals surface area contributed by atoms with E-state index < -0.39 is 0 Å². The highest BCUT2D eigenvalue weighted by molar-refractivity contribution is 6.37. The van der Waals surface area contributed by atoms with Crippen LogP contribution in [0.25, 0.3) is 125 Å². The third kappa shape index (κ3) is 5.81. The summed E-state index contributed by atoms with van der Waals surface area (Å²) in [5.41, 5.74) is 11.6. The number of hydrogen-bond acceptors (Lipinski definition) is 1. The third-order valence-corrected chi connectivity index (χ3v) is 15.0. The van der Waals surface area contributed by atoms with Gasteiger partial charge in [-0.05, 0) is 164 Å². The van der Waals surface area contributed by atoms with Crippen molar-refractivity contribution in [3.8, 4) is 27.9 Å². The number of hydrogen-bond donors (Lipinski definition) is 0. The van der Waals surface area contributed by atoms with Gasteiger partial charge in [0.05, 0.1) is 11.0 Å². The molecular formula is C68H42N2. The number of rotatable bonds is 6. The van der Waals surface area contributed by atoms with Gasteiger partial charge in [-0.3, -0.25) is 0 Å². The number of benzene rings is 13. The summed E-state index contributed by atoms with van der Waals surface area (Å²) in [5, 5.41) is 20.2. The average molecular weight is 887 g/mol. The van der Waals surface area contributed by atoms with E-state index in [9.17, 15) is 0 Å². The molecule has 0 aliphatic rings. The van der Waals surface area contributed by atoms with Crippen molar-refractivity contribution >= 4 is 114 Å². The van der Waals surface area contributed by atoms with Crippen molar-refractivity contribution < 1.29 is 0 Å².